The van der Waals surface area contributed by atoms with Crippen molar-refractivity contribution in [2.45, 2.75) is 6.18 Å². The number of halogens is 4. The van der Waals surface area contributed by atoms with Crippen LogP contribution in [0.5, 0.6) is 0 Å². The lowest BCUT2D eigenvalue weighted by molar-refractivity contribution is -0.137. The molecule has 100 valence electrons. The van der Waals surface area contributed by atoms with Gasteiger partial charge >= 0.3 is 6.18 Å². The summed E-state index contributed by atoms with van der Waals surface area (Å²) in [4.78, 5) is 22.3. The van der Waals surface area contributed by atoms with Gasteiger partial charge < -0.3 is 15.1 Å². The van der Waals surface area contributed by atoms with Gasteiger partial charge in [-0.25, -0.2) is 0 Å². The molecule has 1 heterocycles. The van der Waals surface area contributed by atoms with E-state index in [1.54, 1.807) is 5.32 Å². The minimum atomic E-state index is -4.48. The quantitative estimate of drug-likeness (QED) is 0.878. The summed E-state index contributed by atoms with van der Waals surface area (Å²) >= 11 is 2.98. The lowest BCUT2D eigenvalue weighted by Crippen LogP contribution is -2.40. The zero-order chi connectivity index (χ0) is 13.8. The molecule has 0 atom stereocenters. The Morgan fingerprint density at radius 2 is 1.94 bits per heavy atom. The highest BCUT2D eigenvalue weighted by Gasteiger charge is 2.27. The van der Waals surface area contributed by atoms with Gasteiger partial charge in [-0.2, -0.15) is 13.2 Å². The van der Waals surface area contributed by atoms with Crippen molar-refractivity contribution >= 4 is 27.7 Å². The molecular weight excluding hydrogens is 321 g/mol. The van der Waals surface area contributed by atoms with Crippen LogP contribution in [0.3, 0.4) is 0 Å². The van der Waals surface area contributed by atoms with Crippen LogP contribution in [0.25, 0.3) is 0 Å². The standard InChI is InChI=1S/C9H8BrF3N2O3/c10-6-2-1-5(18-6)8(17)14-3-7(16)15-4-9(11,12)13/h1-2H,3-4H2,(H,14,17)(H,15,16). The van der Waals surface area contributed by atoms with Gasteiger partial charge in [-0.15, -0.1) is 0 Å². The van der Waals surface area contributed by atoms with Gasteiger partial charge in [-0.3, -0.25) is 9.59 Å². The summed E-state index contributed by atoms with van der Waals surface area (Å²) < 4.78 is 40.5. The lowest BCUT2D eigenvalue weighted by atomic mass is 10.4. The highest BCUT2D eigenvalue weighted by molar-refractivity contribution is 9.10. The molecule has 0 aliphatic carbocycles. The average molecular weight is 329 g/mol. The Morgan fingerprint density at radius 3 is 2.44 bits per heavy atom. The van der Waals surface area contributed by atoms with Gasteiger partial charge in [-0.1, -0.05) is 0 Å². The number of hydrogen-bond acceptors (Lipinski definition) is 3. The topological polar surface area (TPSA) is 71.3 Å². The van der Waals surface area contributed by atoms with Crippen LogP contribution >= 0.6 is 15.9 Å². The summed E-state index contributed by atoms with van der Waals surface area (Å²) in [6.45, 7) is -2.00. The Kier molecular flexibility index (Phi) is 4.76. The fourth-order valence-corrected chi connectivity index (χ4v) is 1.25. The number of nitrogens with one attached hydrogen (secondary N) is 2. The van der Waals surface area contributed by atoms with Gasteiger partial charge in [0.15, 0.2) is 10.4 Å². The maximum Gasteiger partial charge on any atom is 0.405 e. The normalized spacial score (nSPS) is 11.1. The van der Waals surface area contributed by atoms with Crippen LogP contribution in [-0.4, -0.2) is 31.1 Å². The Balaban J connectivity index is 2.33. The largest absolute Gasteiger partial charge is 0.444 e. The second kappa shape index (κ2) is 5.89. The number of rotatable bonds is 4. The molecular formula is C9H8BrF3N2O3. The van der Waals surface area contributed by atoms with E-state index in [-0.39, 0.29) is 5.76 Å². The molecule has 0 fully saturated rings. The van der Waals surface area contributed by atoms with Gasteiger partial charge in [0.25, 0.3) is 5.91 Å². The second-order valence-electron chi connectivity index (χ2n) is 3.18. The maximum absolute atomic E-state index is 11.8. The van der Waals surface area contributed by atoms with E-state index in [2.05, 4.69) is 21.2 Å². The molecule has 0 saturated carbocycles. The molecule has 0 aliphatic rings. The van der Waals surface area contributed by atoms with Crippen molar-refractivity contribution < 1.29 is 27.2 Å². The summed E-state index contributed by atoms with van der Waals surface area (Å²) in [5.74, 6) is -1.68. The molecule has 0 unspecified atom stereocenters. The molecule has 0 bridgehead atoms. The first-order chi connectivity index (χ1) is 8.28. The average Bonchev–Trinajstić information content (AvgIpc) is 2.69. The van der Waals surface area contributed by atoms with E-state index < -0.39 is 31.1 Å². The monoisotopic (exact) mass is 328 g/mol. The van der Waals surface area contributed by atoms with E-state index in [4.69, 9.17) is 4.42 Å². The molecule has 0 spiro atoms. The minimum absolute atomic E-state index is 0.0505. The fourth-order valence-electron chi connectivity index (χ4n) is 0.945. The molecule has 1 rings (SSSR count). The lowest BCUT2D eigenvalue weighted by Gasteiger charge is -2.08. The van der Waals surface area contributed by atoms with E-state index in [9.17, 15) is 22.8 Å². The molecule has 0 aliphatic heterocycles. The van der Waals surface area contributed by atoms with E-state index in [1.165, 1.54) is 12.1 Å². The van der Waals surface area contributed by atoms with Crippen molar-refractivity contribution in [3.05, 3.63) is 22.6 Å². The summed E-state index contributed by atoms with van der Waals surface area (Å²) in [7, 11) is 0. The van der Waals surface area contributed by atoms with Crippen LogP contribution in [-0.2, 0) is 4.79 Å². The van der Waals surface area contributed by atoms with E-state index in [1.807, 2.05) is 0 Å². The fraction of sp³-hybridized carbons (Fsp3) is 0.333. The first kappa shape index (κ1) is 14.6. The number of hydrogen-bond donors (Lipinski definition) is 2. The first-order valence-corrected chi connectivity index (χ1v) is 5.44. The Bertz CT molecular complexity index is 445. The third kappa shape index (κ3) is 5.21. The van der Waals surface area contributed by atoms with Gasteiger partial charge in [0.05, 0.1) is 6.54 Å². The second-order valence-corrected chi connectivity index (χ2v) is 3.96. The minimum Gasteiger partial charge on any atom is -0.444 e. The predicted octanol–water partition coefficient (Wildman–Crippen LogP) is 1.45. The zero-order valence-electron chi connectivity index (χ0n) is 8.81. The molecule has 5 nitrogen and oxygen atoms in total. The third-order valence-corrected chi connectivity index (χ3v) is 2.12. The summed E-state index contributed by atoms with van der Waals surface area (Å²) in [5.41, 5.74) is 0. The van der Waals surface area contributed by atoms with Crippen molar-refractivity contribution in [3.8, 4) is 0 Å². The first-order valence-electron chi connectivity index (χ1n) is 4.65. The highest BCUT2D eigenvalue weighted by atomic mass is 79.9. The van der Waals surface area contributed by atoms with E-state index in [0.717, 1.165) is 0 Å². The molecule has 2 amide bonds. The molecule has 2 N–H and O–H groups in total. The Hall–Kier alpha value is -1.51. The van der Waals surface area contributed by atoms with Crippen LogP contribution in [0, 0.1) is 0 Å². The number of amides is 2. The summed E-state index contributed by atoms with van der Waals surface area (Å²) in [6, 6.07) is 2.83. The van der Waals surface area contributed by atoms with Gasteiger partial charge in [0.1, 0.15) is 6.54 Å². The van der Waals surface area contributed by atoms with Crippen LogP contribution in [0.1, 0.15) is 10.6 Å². The van der Waals surface area contributed by atoms with Gasteiger partial charge in [-0.05, 0) is 28.1 Å². The summed E-state index contributed by atoms with van der Waals surface area (Å²) in [6.07, 6.45) is -4.48. The van der Waals surface area contributed by atoms with Crippen molar-refractivity contribution in [1.29, 1.82) is 0 Å². The van der Waals surface area contributed by atoms with Crippen LogP contribution in [0.15, 0.2) is 21.2 Å². The van der Waals surface area contributed by atoms with E-state index in [0.29, 0.717) is 4.67 Å². The molecule has 9 heteroatoms. The van der Waals surface area contributed by atoms with Crippen LogP contribution in [0.2, 0.25) is 0 Å². The Labute approximate surface area is 108 Å². The SMILES string of the molecule is O=C(CNC(=O)c1ccc(Br)o1)NCC(F)(F)F. The molecule has 18 heavy (non-hydrogen) atoms. The van der Waals surface area contributed by atoms with Crippen molar-refractivity contribution in [3.63, 3.8) is 0 Å². The van der Waals surface area contributed by atoms with Gasteiger partial charge in [0.2, 0.25) is 5.91 Å². The predicted molar refractivity (Wildman–Crippen MR) is 57.8 cm³/mol. The molecule has 0 radical (unpaired) electrons. The molecule has 1 aromatic rings. The van der Waals surface area contributed by atoms with Crippen LogP contribution in [0.4, 0.5) is 13.2 Å². The smallest absolute Gasteiger partial charge is 0.405 e. The Morgan fingerprint density at radius 1 is 1.28 bits per heavy atom. The number of carbonyl (C=O) groups excluding carboxylic acids is 2. The van der Waals surface area contributed by atoms with Crippen molar-refractivity contribution in [2.24, 2.45) is 0 Å². The van der Waals surface area contributed by atoms with Crippen LogP contribution < -0.4 is 10.6 Å². The number of furan rings is 1. The van der Waals surface area contributed by atoms with E-state index >= 15 is 0 Å². The number of alkyl halides is 3. The molecule has 0 saturated heterocycles. The summed E-state index contributed by atoms with van der Waals surface area (Å²) in [5, 5.41) is 3.73. The molecule has 0 aromatic carbocycles. The maximum atomic E-state index is 11.8. The number of carbonyl (C=O) groups is 2. The van der Waals surface area contributed by atoms with Gasteiger partial charge in [0, 0.05) is 0 Å². The third-order valence-electron chi connectivity index (χ3n) is 1.69. The zero-order valence-corrected chi connectivity index (χ0v) is 10.4. The molecule has 1 aromatic heterocycles. The van der Waals surface area contributed by atoms with Crippen molar-refractivity contribution in [1.82, 2.24) is 10.6 Å². The highest BCUT2D eigenvalue weighted by Crippen LogP contribution is 2.13. The van der Waals surface area contributed by atoms with Crippen molar-refractivity contribution in [2.75, 3.05) is 13.1 Å².